The van der Waals surface area contributed by atoms with Gasteiger partial charge >= 0.3 is 11.9 Å². The van der Waals surface area contributed by atoms with E-state index in [1.807, 2.05) is 0 Å². The van der Waals surface area contributed by atoms with Gasteiger partial charge in [0.15, 0.2) is 17.2 Å². The number of esters is 2. The van der Waals surface area contributed by atoms with Gasteiger partial charge in [-0.25, -0.2) is 14.6 Å². The molecule has 0 saturated carbocycles. The molecule has 0 N–H and O–H groups in total. The number of carbonyl (C=O) groups is 2. The number of ether oxygens (including phenoxy) is 4. The molecule has 0 fully saturated rings. The van der Waals surface area contributed by atoms with E-state index in [4.69, 9.17) is 18.9 Å². The Hall–Kier alpha value is -3.61. The summed E-state index contributed by atoms with van der Waals surface area (Å²) in [6.07, 6.45) is 1.49. The average molecular weight is 351 g/mol. The van der Waals surface area contributed by atoms with E-state index < -0.39 is 11.9 Å². The van der Waals surface area contributed by atoms with Crippen molar-refractivity contribution in [2.75, 3.05) is 13.9 Å². The molecule has 2 aliphatic rings. The summed E-state index contributed by atoms with van der Waals surface area (Å²) in [6.45, 7) is 0.153. The van der Waals surface area contributed by atoms with Crippen LogP contribution < -0.4 is 9.47 Å². The van der Waals surface area contributed by atoms with Gasteiger partial charge in [0.05, 0.1) is 12.7 Å². The van der Waals surface area contributed by atoms with Gasteiger partial charge in [-0.05, 0) is 35.9 Å². The molecule has 2 aromatic rings. The van der Waals surface area contributed by atoms with E-state index in [-0.39, 0.29) is 18.4 Å². The van der Waals surface area contributed by atoms with Crippen LogP contribution in [0, 0.1) is 0 Å². The van der Waals surface area contributed by atoms with Gasteiger partial charge in [0.25, 0.3) is 0 Å². The maximum atomic E-state index is 12.2. The van der Waals surface area contributed by atoms with Crippen LogP contribution in [0.5, 0.6) is 11.5 Å². The van der Waals surface area contributed by atoms with E-state index in [1.54, 1.807) is 42.5 Å². The van der Waals surface area contributed by atoms with Crippen LogP contribution in [0.25, 0.3) is 6.08 Å². The van der Waals surface area contributed by atoms with Gasteiger partial charge in [-0.15, -0.1) is 0 Å². The highest BCUT2D eigenvalue weighted by molar-refractivity contribution is 6.13. The Kier molecular flexibility index (Phi) is 3.89. The van der Waals surface area contributed by atoms with Crippen LogP contribution in [0.4, 0.5) is 0 Å². The van der Waals surface area contributed by atoms with Crippen LogP contribution in [-0.4, -0.2) is 31.7 Å². The van der Waals surface area contributed by atoms with E-state index in [1.165, 1.54) is 13.2 Å². The predicted molar refractivity (Wildman–Crippen MR) is 91.0 cm³/mol. The van der Waals surface area contributed by atoms with Crippen LogP contribution in [0.15, 0.2) is 53.2 Å². The van der Waals surface area contributed by atoms with Gasteiger partial charge in [-0.3, -0.25) is 0 Å². The molecule has 2 heterocycles. The van der Waals surface area contributed by atoms with Crippen molar-refractivity contribution in [1.82, 2.24) is 0 Å². The number of hydrogen-bond acceptors (Lipinski definition) is 7. The molecule has 130 valence electrons. The minimum absolute atomic E-state index is 0.0917. The number of hydrogen-bond donors (Lipinski definition) is 0. The van der Waals surface area contributed by atoms with Gasteiger partial charge in [-0.1, -0.05) is 18.2 Å². The van der Waals surface area contributed by atoms with Crippen molar-refractivity contribution in [3.63, 3.8) is 0 Å². The monoisotopic (exact) mass is 351 g/mol. The smallest absolute Gasteiger partial charge is 0.363 e. The maximum Gasteiger partial charge on any atom is 0.363 e. The number of fused-ring (bicyclic) bond motifs is 1. The molecule has 0 spiro atoms. The minimum atomic E-state index is -0.600. The summed E-state index contributed by atoms with van der Waals surface area (Å²) in [6, 6.07) is 11.9. The summed E-state index contributed by atoms with van der Waals surface area (Å²) in [4.78, 5) is 28.3. The van der Waals surface area contributed by atoms with E-state index >= 15 is 0 Å². The molecule has 2 aromatic carbocycles. The molecule has 0 radical (unpaired) electrons. The highest BCUT2D eigenvalue weighted by atomic mass is 16.7. The summed E-state index contributed by atoms with van der Waals surface area (Å²) in [5, 5.41) is 0. The topological polar surface area (TPSA) is 83.4 Å². The lowest BCUT2D eigenvalue weighted by Gasteiger charge is -2.03. The fraction of sp³-hybridized carbons (Fsp3) is 0.105. The molecular weight excluding hydrogens is 338 g/mol. The summed E-state index contributed by atoms with van der Waals surface area (Å²) in [7, 11) is 1.30. The lowest BCUT2D eigenvalue weighted by Crippen LogP contribution is -2.06. The molecule has 4 rings (SSSR count). The number of methoxy groups -OCH3 is 1. The fourth-order valence-electron chi connectivity index (χ4n) is 2.63. The van der Waals surface area contributed by atoms with Crippen LogP contribution in [0.2, 0.25) is 0 Å². The molecule has 2 aliphatic heterocycles. The predicted octanol–water partition coefficient (Wildman–Crippen LogP) is 2.55. The van der Waals surface area contributed by atoms with E-state index in [0.717, 1.165) is 0 Å². The van der Waals surface area contributed by atoms with Crippen molar-refractivity contribution < 1.29 is 28.5 Å². The van der Waals surface area contributed by atoms with Crippen LogP contribution in [0.3, 0.4) is 0 Å². The average Bonchev–Trinajstić information content (AvgIpc) is 3.27. The van der Waals surface area contributed by atoms with Crippen molar-refractivity contribution in [2.45, 2.75) is 0 Å². The molecule has 26 heavy (non-hydrogen) atoms. The van der Waals surface area contributed by atoms with E-state index in [9.17, 15) is 9.59 Å². The number of benzene rings is 2. The lowest BCUT2D eigenvalue weighted by atomic mass is 10.1. The number of carbonyl (C=O) groups excluding carboxylic acids is 2. The molecule has 0 unspecified atom stereocenters. The molecular formula is C19H13NO6. The zero-order valence-electron chi connectivity index (χ0n) is 13.7. The molecule has 7 heteroatoms. The van der Waals surface area contributed by atoms with E-state index in [0.29, 0.717) is 28.2 Å². The summed E-state index contributed by atoms with van der Waals surface area (Å²) in [5.74, 6) is 0.257. The Morgan fingerprint density at radius 2 is 1.96 bits per heavy atom. The SMILES string of the molecule is COC(=O)c1ccccc1/C=C1/N=C(c2ccc3c(c2)OCO3)OC1=O. The third-order valence-corrected chi connectivity index (χ3v) is 3.90. The quantitative estimate of drug-likeness (QED) is 0.624. The molecule has 0 saturated heterocycles. The van der Waals surface area contributed by atoms with Crippen molar-refractivity contribution in [1.29, 1.82) is 0 Å². The largest absolute Gasteiger partial charge is 0.465 e. The third-order valence-electron chi connectivity index (χ3n) is 3.90. The first-order chi connectivity index (χ1) is 12.7. The number of cyclic esters (lactones) is 1. The zero-order chi connectivity index (χ0) is 18.1. The highest BCUT2D eigenvalue weighted by Gasteiger charge is 2.26. The second-order valence-electron chi connectivity index (χ2n) is 5.48. The second kappa shape index (κ2) is 6.36. The summed E-state index contributed by atoms with van der Waals surface area (Å²) in [5.41, 5.74) is 1.53. The van der Waals surface area contributed by atoms with Crippen LogP contribution in [-0.2, 0) is 14.3 Å². The van der Waals surface area contributed by atoms with Gasteiger partial charge in [0.1, 0.15) is 0 Å². The van der Waals surface area contributed by atoms with Crippen LogP contribution >= 0.6 is 0 Å². The van der Waals surface area contributed by atoms with Crippen molar-refractivity contribution >= 4 is 23.9 Å². The Morgan fingerprint density at radius 1 is 1.15 bits per heavy atom. The second-order valence-corrected chi connectivity index (χ2v) is 5.48. The number of rotatable bonds is 3. The zero-order valence-corrected chi connectivity index (χ0v) is 13.7. The third kappa shape index (κ3) is 2.79. The minimum Gasteiger partial charge on any atom is -0.465 e. The number of aliphatic imine (C=N–C) groups is 1. The molecule has 0 aromatic heterocycles. The van der Waals surface area contributed by atoms with E-state index in [2.05, 4.69) is 4.99 Å². The Morgan fingerprint density at radius 3 is 2.81 bits per heavy atom. The molecule has 0 aliphatic carbocycles. The summed E-state index contributed by atoms with van der Waals surface area (Å²) < 4.78 is 20.6. The Labute approximate surface area is 148 Å². The first kappa shape index (κ1) is 15.9. The first-order valence-electron chi connectivity index (χ1n) is 7.75. The molecule has 0 bridgehead atoms. The fourth-order valence-corrected chi connectivity index (χ4v) is 2.63. The molecule has 0 atom stereocenters. The standard InChI is InChI=1S/C19H13NO6/c1-23-18(21)13-5-3-2-4-11(13)8-14-19(22)26-17(20-14)12-6-7-15-16(9-12)25-10-24-15/h2-9H,10H2,1H3/b14-8+. The normalized spacial score (nSPS) is 16.4. The lowest BCUT2D eigenvalue weighted by molar-refractivity contribution is -0.129. The highest BCUT2D eigenvalue weighted by Crippen LogP contribution is 2.33. The molecule has 7 nitrogen and oxygen atoms in total. The van der Waals surface area contributed by atoms with Gasteiger partial charge in [-0.2, -0.15) is 0 Å². The number of nitrogens with zero attached hydrogens (tertiary/aromatic N) is 1. The first-order valence-corrected chi connectivity index (χ1v) is 7.75. The maximum absolute atomic E-state index is 12.2. The van der Waals surface area contributed by atoms with Gasteiger partial charge in [0.2, 0.25) is 12.7 Å². The molecule has 0 amide bonds. The van der Waals surface area contributed by atoms with Crippen LogP contribution in [0.1, 0.15) is 21.5 Å². The Bertz CT molecular complexity index is 976. The van der Waals surface area contributed by atoms with Crippen molar-refractivity contribution in [3.8, 4) is 11.5 Å². The van der Waals surface area contributed by atoms with Gasteiger partial charge in [0, 0.05) is 5.56 Å². The Balaban J connectivity index is 1.69. The summed E-state index contributed by atoms with van der Waals surface area (Å²) >= 11 is 0. The van der Waals surface area contributed by atoms with Gasteiger partial charge < -0.3 is 18.9 Å². The van der Waals surface area contributed by atoms with Crippen molar-refractivity contribution in [3.05, 3.63) is 64.9 Å². The van der Waals surface area contributed by atoms with Crippen molar-refractivity contribution in [2.24, 2.45) is 4.99 Å².